The molecule has 1 nitrogen and oxygen atoms in total. The first-order valence-electron chi connectivity index (χ1n) is 8.32. The molecule has 0 aliphatic heterocycles. The van der Waals surface area contributed by atoms with Crippen LogP contribution in [0.4, 0.5) is 0 Å². The molecule has 0 aromatic heterocycles. The molecule has 1 rings (SSSR count). The monoisotopic (exact) mass is 289 g/mol. The van der Waals surface area contributed by atoms with Gasteiger partial charge < -0.3 is 4.74 Å². The van der Waals surface area contributed by atoms with E-state index in [9.17, 15) is 0 Å². The molecule has 0 aliphatic carbocycles. The average molecular weight is 289 g/mol. The van der Waals surface area contributed by atoms with E-state index < -0.39 is 0 Å². The van der Waals surface area contributed by atoms with Gasteiger partial charge in [0.05, 0.1) is 6.61 Å². The van der Waals surface area contributed by atoms with Crippen molar-refractivity contribution in [3.8, 4) is 0 Å². The summed E-state index contributed by atoms with van der Waals surface area (Å²) in [4.78, 5) is 0. The fourth-order valence-corrected chi connectivity index (χ4v) is 3.09. The highest BCUT2D eigenvalue weighted by Gasteiger charge is 2.39. The third-order valence-electron chi connectivity index (χ3n) is 3.93. The maximum atomic E-state index is 6.30. The predicted molar refractivity (Wildman–Crippen MR) is 91.9 cm³/mol. The SMILES string of the molecule is CCCCCC(C)(C)[C](OCc1ccccc1)C(C)(C)C. The Morgan fingerprint density at radius 3 is 2.10 bits per heavy atom. The molecule has 1 aromatic carbocycles. The van der Waals surface area contributed by atoms with Crippen LogP contribution in [0.3, 0.4) is 0 Å². The third kappa shape index (κ3) is 6.22. The van der Waals surface area contributed by atoms with Crippen LogP contribution in [0.25, 0.3) is 0 Å². The molecule has 0 amide bonds. The normalized spacial score (nSPS) is 12.9. The lowest BCUT2D eigenvalue weighted by Crippen LogP contribution is -2.34. The highest BCUT2D eigenvalue weighted by molar-refractivity contribution is 5.14. The van der Waals surface area contributed by atoms with Gasteiger partial charge in [-0.3, -0.25) is 0 Å². The van der Waals surface area contributed by atoms with Crippen LogP contribution in [0.2, 0.25) is 0 Å². The van der Waals surface area contributed by atoms with Crippen molar-refractivity contribution in [2.75, 3.05) is 0 Å². The lowest BCUT2D eigenvalue weighted by atomic mass is 9.70. The van der Waals surface area contributed by atoms with Crippen LogP contribution in [-0.4, -0.2) is 0 Å². The Kier molecular flexibility index (Phi) is 6.93. The van der Waals surface area contributed by atoms with Crippen molar-refractivity contribution in [3.63, 3.8) is 0 Å². The number of hydrogen-bond donors (Lipinski definition) is 0. The van der Waals surface area contributed by atoms with Crippen LogP contribution in [0, 0.1) is 16.9 Å². The molecule has 0 saturated heterocycles. The second-order valence-corrected chi connectivity index (χ2v) is 7.69. The first-order valence-corrected chi connectivity index (χ1v) is 8.32. The van der Waals surface area contributed by atoms with E-state index in [1.165, 1.54) is 37.4 Å². The van der Waals surface area contributed by atoms with E-state index in [1.807, 2.05) is 6.07 Å². The molecule has 21 heavy (non-hydrogen) atoms. The van der Waals surface area contributed by atoms with E-state index in [1.54, 1.807) is 0 Å². The fourth-order valence-electron chi connectivity index (χ4n) is 3.09. The van der Waals surface area contributed by atoms with Gasteiger partial charge in [-0.25, -0.2) is 0 Å². The Bertz CT molecular complexity index is 386. The zero-order valence-corrected chi connectivity index (χ0v) is 14.8. The van der Waals surface area contributed by atoms with Crippen molar-refractivity contribution >= 4 is 0 Å². The van der Waals surface area contributed by atoms with Crippen LogP contribution in [0.5, 0.6) is 0 Å². The van der Waals surface area contributed by atoms with E-state index >= 15 is 0 Å². The number of benzene rings is 1. The number of unbranched alkanes of at least 4 members (excludes halogenated alkanes) is 2. The second-order valence-electron chi connectivity index (χ2n) is 7.69. The summed E-state index contributed by atoms with van der Waals surface area (Å²) in [6.07, 6.45) is 6.28. The van der Waals surface area contributed by atoms with E-state index in [-0.39, 0.29) is 10.8 Å². The molecular weight excluding hydrogens is 256 g/mol. The van der Waals surface area contributed by atoms with E-state index in [4.69, 9.17) is 4.74 Å². The minimum absolute atomic E-state index is 0.0739. The zero-order valence-electron chi connectivity index (χ0n) is 14.8. The zero-order chi connectivity index (χ0) is 15.9. The predicted octanol–water partition coefficient (Wildman–Crippen LogP) is 6.39. The Balaban J connectivity index is 2.71. The Hall–Kier alpha value is -0.820. The van der Waals surface area contributed by atoms with Crippen molar-refractivity contribution < 1.29 is 4.74 Å². The first-order chi connectivity index (χ1) is 9.77. The average Bonchev–Trinajstić information content (AvgIpc) is 2.38. The molecule has 1 radical (unpaired) electrons. The third-order valence-corrected chi connectivity index (χ3v) is 3.93. The van der Waals surface area contributed by atoms with Gasteiger partial charge in [-0.15, -0.1) is 0 Å². The summed E-state index contributed by atoms with van der Waals surface area (Å²) in [7, 11) is 0. The van der Waals surface area contributed by atoms with Gasteiger partial charge in [0.1, 0.15) is 6.10 Å². The van der Waals surface area contributed by atoms with Crippen LogP contribution >= 0.6 is 0 Å². The Morgan fingerprint density at radius 2 is 1.57 bits per heavy atom. The summed E-state index contributed by atoms with van der Waals surface area (Å²) < 4.78 is 6.30. The van der Waals surface area contributed by atoms with E-state index in [0.717, 1.165) is 0 Å². The Labute approximate surface area is 132 Å². The number of ether oxygens (including phenoxy) is 1. The molecule has 0 saturated carbocycles. The lowest BCUT2D eigenvalue weighted by Gasteiger charge is -2.41. The van der Waals surface area contributed by atoms with Gasteiger partial charge in [-0.1, -0.05) is 91.1 Å². The van der Waals surface area contributed by atoms with Gasteiger partial charge in [0.15, 0.2) is 0 Å². The Morgan fingerprint density at radius 1 is 0.952 bits per heavy atom. The summed E-state index contributed by atoms with van der Waals surface area (Å²) in [6.45, 7) is 14.4. The molecule has 0 spiro atoms. The summed E-state index contributed by atoms with van der Waals surface area (Å²) in [5, 5.41) is 0. The maximum absolute atomic E-state index is 6.30. The van der Waals surface area contributed by atoms with Gasteiger partial charge in [0, 0.05) is 0 Å². The highest BCUT2D eigenvalue weighted by Crippen LogP contribution is 2.46. The van der Waals surface area contributed by atoms with Gasteiger partial charge in [0.2, 0.25) is 0 Å². The van der Waals surface area contributed by atoms with Crippen LogP contribution in [0.1, 0.15) is 72.8 Å². The highest BCUT2D eigenvalue weighted by atomic mass is 16.5. The summed E-state index contributed by atoms with van der Waals surface area (Å²) in [5.74, 6) is 0. The fraction of sp³-hybridized carbons (Fsp3) is 0.650. The molecule has 0 bridgehead atoms. The van der Waals surface area contributed by atoms with Crippen molar-refractivity contribution in [3.05, 3.63) is 42.0 Å². The lowest BCUT2D eigenvalue weighted by molar-refractivity contribution is -0.00735. The standard InChI is InChI=1S/C20H33O/c1-7-8-12-15-20(5,6)18(19(2,3)4)21-16-17-13-10-9-11-14-17/h9-11,13-14H,7-8,12,15-16H2,1-6H3. The minimum atomic E-state index is 0.0739. The van der Waals surface area contributed by atoms with Crippen LogP contribution in [0.15, 0.2) is 30.3 Å². The molecule has 1 aromatic rings. The molecule has 0 aliphatic rings. The van der Waals surface area contributed by atoms with Gasteiger partial charge in [-0.2, -0.15) is 0 Å². The minimum Gasteiger partial charge on any atom is -0.366 e. The van der Waals surface area contributed by atoms with Crippen molar-refractivity contribution in [2.45, 2.75) is 73.8 Å². The molecule has 0 heterocycles. The second kappa shape index (κ2) is 7.98. The molecule has 1 heteroatoms. The van der Waals surface area contributed by atoms with Crippen LogP contribution < -0.4 is 0 Å². The number of rotatable bonds is 8. The summed E-state index contributed by atoms with van der Waals surface area (Å²) in [5.41, 5.74) is 1.44. The topological polar surface area (TPSA) is 9.23 Å². The molecule has 0 N–H and O–H groups in total. The van der Waals surface area contributed by atoms with Crippen molar-refractivity contribution in [1.29, 1.82) is 0 Å². The number of hydrogen-bond acceptors (Lipinski definition) is 1. The van der Waals surface area contributed by atoms with Gasteiger partial charge >= 0.3 is 0 Å². The largest absolute Gasteiger partial charge is 0.366 e. The molecule has 119 valence electrons. The van der Waals surface area contributed by atoms with E-state index in [0.29, 0.717) is 6.61 Å². The quantitative estimate of drug-likeness (QED) is 0.504. The molecular formula is C20H33O. The molecule has 0 fully saturated rings. The van der Waals surface area contributed by atoms with Crippen molar-refractivity contribution in [2.24, 2.45) is 10.8 Å². The smallest absolute Gasteiger partial charge is 0.108 e. The molecule has 0 atom stereocenters. The summed E-state index contributed by atoms with van der Waals surface area (Å²) in [6, 6.07) is 10.4. The van der Waals surface area contributed by atoms with Crippen molar-refractivity contribution in [1.82, 2.24) is 0 Å². The molecule has 0 unspecified atom stereocenters. The van der Waals surface area contributed by atoms with Gasteiger partial charge in [-0.05, 0) is 22.8 Å². The maximum Gasteiger partial charge on any atom is 0.108 e. The summed E-state index contributed by atoms with van der Waals surface area (Å²) >= 11 is 0. The first kappa shape index (κ1) is 18.2. The van der Waals surface area contributed by atoms with Crippen LogP contribution in [-0.2, 0) is 11.3 Å². The van der Waals surface area contributed by atoms with E-state index in [2.05, 4.69) is 65.8 Å². The van der Waals surface area contributed by atoms with Gasteiger partial charge in [0.25, 0.3) is 0 Å².